The Morgan fingerprint density at radius 3 is 2.67 bits per heavy atom. The van der Waals surface area contributed by atoms with Crippen LogP contribution in [0.5, 0.6) is 5.75 Å². The van der Waals surface area contributed by atoms with Gasteiger partial charge in [-0.3, -0.25) is 0 Å². The third-order valence-corrected chi connectivity index (χ3v) is 3.79. The molecule has 21 heavy (non-hydrogen) atoms. The van der Waals surface area contributed by atoms with Gasteiger partial charge < -0.3 is 10.5 Å². The second kappa shape index (κ2) is 7.20. The molecular weight excluding hydrogens is 364 g/mol. The quantitative estimate of drug-likeness (QED) is 0.782. The minimum atomic E-state index is -0.663. The van der Waals surface area contributed by atoms with Gasteiger partial charge in [0.05, 0.1) is 10.0 Å². The van der Waals surface area contributed by atoms with E-state index in [-0.39, 0.29) is 16.6 Å². The van der Waals surface area contributed by atoms with Crippen molar-refractivity contribution in [2.45, 2.75) is 13.0 Å². The van der Waals surface area contributed by atoms with Gasteiger partial charge in [-0.05, 0) is 64.8 Å². The Morgan fingerprint density at radius 1 is 1.19 bits per heavy atom. The summed E-state index contributed by atoms with van der Waals surface area (Å²) in [6, 6.07) is 7.56. The van der Waals surface area contributed by atoms with E-state index in [4.69, 9.17) is 22.1 Å². The van der Waals surface area contributed by atoms with E-state index in [0.29, 0.717) is 23.7 Å². The molecule has 0 saturated heterocycles. The van der Waals surface area contributed by atoms with Crippen LogP contribution in [0.25, 0.3) is 0 Å². The average molecular weight is 377 g/mol. The number of nitrogens with two attached hydrogens (primary N) is 1. The highest BCUT2D eigenvalue weighted by atomic mass is 79.9. The first-order valence-electron chi connectivity index (χ1n) is 6.26. The molecule has 0 fully saturated rings. The van der Waals surface area contributed by atoms with Gasteiger partial charge >= 0.3 is 0 Å². The van der Waals surface area contributed by atoms with Gasteiger partial charge in [0.1, 0.15) is 24.0 Å². The maximum absolute atomic E-state index is 13.9. The van der Waals surface area contributed by atoms with Crippen molar-refractivity contribution in [1.29, 1.82) is 0 Å². The highest BCUT2D eigenvalue weighted by Gasteiger charge is 2.14. The molecule has 0 radical (unpaired) electrons. The van der Waals surface area contributed by atoms with Crippen LogP contribution in [0.1, 0.15) is 11.1 Å². The van der Waals surface area contributed by atoms with Crippen molar-refractivity contribution in [2.24, 2.45) is 5.73 Å². The van der Waals surface area contributed by atoms with Gasteiger partial charge in [-0.1, -0.05) is 11.6 Å². The summed E-state index contributed by atoms with van der Waals surface area (Å²) in [6.45, 7) is 0.215. The van der Waals surface area contributed by atoms with Gasteiger partial charge in [0.15, 0.2) is 0 Å². The van der Waals surface area contributed by atoms with E-state index >= 15 is 0 Å². The fourth-order valence-corrected chi connectivity index (χ4v) is 2.46. The van der Waals surface area contributed by atoms with Crippen molar-refractivity contribution >= 4 is 27.5 Å². The molecule has 2 N–H and O–H groups in total. The maximum atomic E-state index is 13.9. The molecule has 0 bridgehead atoms. The summed E-state index contributed by atoms with van der Waals surface area (Å²) in [4.78, 5) is 0. The van der Waals surface area contributed by atoms with Crippen LogP contribution < -0.4 is 10.5 Å². The van der Waals surface area contributed by atoms with Crippen LogP contribution in [0, 0.1) is 11.6 Å². The van der Waals surface area contributed by atoms with Crippen molar-refractivity contribution in [3.05, 3.63) is 62.6 Å². The average Bonchev–Trinajstić information content (AvgIpc) is 2.45. The summed E-state index contributed by atoms with van der Waals surface area (Å²) in [7, 11) is 0. The zero-order valence-corrected chi connectivity index (χ0v) is 13.3. The lowest BCUT2D eigenvalue weighted by Gasteiger charge is -2.13. The van der Waals surface area contributed by atoms with Crippen LogP contribution in [0.3, 0.4) is 0 Å². The second-order valence-electron chi connectivity index (χ2n) is 4.40. The Kier molecular flexibility index (Phi) is 5.56. The summed E-state index contributed by atoms with van der Waals surface area (Å²) >= 11 is 8.94. The first-order chi connectivity index (χ1) is 10.0. The van der Waals surface area contributed by atoms with E-state index in [1.165, 1.54) is 12.1 Å². The van der Waals surface area contributed by atoms with Crippen molar-refractivity contribution in [2.75, 3.05) is 6.54 Å². The predicted molar refractivity (Wildman–Crippen MR) is 82.6 cm³/mol. The minimum absolute atomic E-state index is 0.127. The fourth-order valence-electron chi connectivity index (χ4n) is 1.89. The lowest BCUT2D eigenvalue weighted by molar-refractivity contribution is 0.289. The summed E-state index contributed by atoms with van der Waals surface area (Å²) in [5.74, 6) is -0.794. The summed E-state index contributed by atoms with van der Waals surface area (Å²) in [6.07, 6.45) is 0.569. The first kappa shape index (κ1) is 16.2. The summed E-state index contributed by atoms with van der Waals surface area (Å²) < 4.78 is 33.3. The molecule has 0 atom stereocenters. The van der Waals surface area contributed by atoms with E-state index in [2.05, 4.69) is 15.9 Å². The first-order valence-corrected chi connectivity index (χ1v) is 7.43. The van der Waals surface area contributed by atoms with E-state index < -0.39 is 11.6 Å². The van der Waals surface area contributed by atoms with Crippen LogP contribution in [-0.4, -0.2) is 6.54 Å². The Hall–Kier alpha value is -1.17. The van der Waals surface area contributed by atoms with Crippen LogP contribution in [-0.2, 0) is 13.0 Å². The largest absolute Gasteiger partial charge is 0.488 e. The third kappa shape index (κ3) is 3.93. The second-order valence-corrected chi connectivity index (χ2v) is 5.69. The number of halogens is 4. The third-order valence-electron chi connectivity index (χ3n) is 2.95. The number of hydrogen-bond donors (Lipinski definition) is 1. The van der Waals surface area contributed by atoms with Crippen molar-refractivity contribution in [3.8, 4) is 5.75 Å². The Morgan fingerprint density at radius 2 is 1.95 bits per heavy atom. The molecule has 0 aliphatic carbocycles. The van der Waals surface area contributed by atoms with E-state index in [0.717, 1.165) is 5.56 Å². The number of hydrogen-bond acceptors (Lipinski definition) is 2. The lowest BCUT2D eigenvalue weighted by atomic mass is 10.1. The standard InChI is InChI=1S/C15H13BrClF2NO/c16-12-2-3-13(18)11(15(12)19)8-21-14-4-1-10(17)7-9(14)5-6-20/h1-4,7H,5-6,8,20H2. The lowest BCUT2D eigenvalue weighted by Crippen LogP contribution is -2.07. The molecule has 2 nitrogen and oxygen atoms in total. The molecular formula is C15H13BrClF2NO. The number of benzene rings is 2. The van der Waals surface area contributed by atoms with Gasteiger partial charge in [0, 0.05) is 5.02 Å². The van der Waals surface area contributed by atoms with E-state index in [9.17, 15) is 8.78 Å². The predicted octanol–water partition coefficient (Wildman–Crippen LogP) is 4.46. The highest BCUT2D eigenvalue weighted by Crippen LogP contribution is 2.26. The van der Waals surface area contributed by atoms with E-state index in [1.807, 2.05) is 0 Å². The van der Waals surface area contributed by atoms with Gasteiger partial charge in [-0.25, -0.2) is 8.78 Å². The van der Waals surface area contributed by atoms with Crippen molar-refractivity contribution in [3.63, 3.8) is 0 Å². The maximum Gasteiger partial charge on any atom is 0.146 e. The van der Waals surface area contributed by atoms with E-state index in [1.54, 1.807) is 18.2 Å². The zero-order valence-electron chi connectivity index (χ0n) is 11.0. The smallest absolute Gasteiger partial charge is 0.146 e. The van der Waals surface area contributed by atoms with Gasteiger partial charge in [0.25, 0.3) is 0 Å². The topological polar surface area (TPSA) is 35.2 Å². The molecule has 0 unspecified atom stereocenters. The monoisotopic (exact) mass is 375 g/mol. The molecule has 0 heterocycles. The molecule has 0 amide bonds. The molecule has 6 heteroatoms. The van der Waals surface area contributed by atoms with Gasteiger partial charge in [-0.2, -0.15) is 0 Å². The summed E-state index contributed by atoms with van der Waals surface area (Å²) in [5.41, 5.74) is 6.21. The molecule has 0 saturated carbocycles. The van der Waals surface area contributed by atoms with Crippen molar-refractivity contribution < 1.29 is 13.5 Å². The summed E-state index contributed by atoms with van der Waals surface area (Å²) in [5, 5.41) is 0.561. The molecule has 0 aromatic heterocycles. The van der Waals surface area contributed by atoms with Gasteiger partial charge in [0.2, 0.25) is 0 Å². The molecule has 112 valence electrons. The van der Waals surface area contributed by atoms with Crippen LogP contribution in [0.15, 0.2) is 34.8 Å². The van der Waals surface area contributed by atoms with Gasteiger partial charge in [-0.15, -0.1) is 0 Å². The number of ether oxygens (including phenoxy) is 1. The molecule has 2 rings (SSSR count). The van der Waals surface area contributed by atoms with Crippen molar-refractivity contribution in [1.82, 2.24) is 0 Å². The molecule has 0 aliphatic heterocycles. The Balaban J connectivity index is 2.23. The van der Waals surface area contributed by atoms with Crippen LogP contribution >= 0.6 is 27.5 Å². The molecule has 2 aromatic rings. The Labute approximate surface area is 135 Å². The fraction of sp³-hybridized carbons (Fsp3) is 0.200. The normalized spacial score (nSPS) is 10.7. The Bertz CT molecular complexity index is 652. The highest BCUT2D eigenvalue weighted by molar-refractivity contribution is 9.10. The molecule has 2 aromatic carbocycles. The SMILES string of the molecule is NCCc1cc(Cl)ccc1OCc1c(F)ccc(Br)c1F. The van der Waals surface area contributed by atoms with Crippen LogP contribution in [0.2, 0.25) is 5.02 Å². The minimum Gasteiger partial charge on any atom is -0.488 e. The zero-order chi connectivity index (χ0) is 15.4. The van der Waals surface area contributed by atoms with Crippen LogP contribution in [0.4, 0.5) is 8.78 Å². The molecule has 0 spiro atoms. The molecule has 0 aliphatic rings. The number of rotatable bonds is 5.